The molecular formula is C23H29N3O4S. The lowest BCUT2D eigenvalue weighted by Gasteiger charge is -2.23. The van der Waals surface area contributed by atoms with E-state index in [1.54, 1.807) is 12.1 Å². The number of hydrogen-bond acceptors (Lipinski definition) is 5. The van der Waals surface area contributed by atoms with E-state index in [2.05, 4.69) is 10.6 Å². The Morgan fingerprint density at radius 1 is 0.871 bits per heavy atom. The Labute approximate surface area is 186 Å². The van der Waals surface area contributed by atoms with Crippen LogP contribution in [0.2, 0.25) is 0 Å². The van der Waals surface area contributed by atoms with Gasteiger partial charge in [-0.1, -0.05) is 60.7 Å². The van der Waals surface area contributed by atoms with Crippen LogP contribution >= 0.6 is 11.8 Å². The second-order valence-electron chi connectivity index (χ2n) is 7.23. The van der Waals surface area contributed by atoms with Crippen molar-refractivity contribution in [3.63, 3.8) is 0 Å². The van der Waals surface area contributed by atoms with Crippen molar-refractivity contribution in [3.8, 4) is 0 Å². The molecule has 7 nitrogen and oxygen atoms in total. The summed E-state index contributed by atoms with van der Waals surface area (Å²) < 4.78 is 0. The Hall–Kier alpha value is -2.84. The van der Waals surface area contributed by atoms with Crippen molar-refractivity contribution in [2.24, 2.45) is 5.73 Å². The van der Waals surface area contributed by atoms with E-state index in [1.165, 1.54) is 11.8 Å². The number of nitrogens with two attached hydrogens (primary N) is 1. The summed E-state index contributed by atoms with van der Waals surface area (Å²) in [7, 11) is 0. The van der Waals surface area contributed by atoms with Crippen LogP contribution in [0.1, 0.15) is 17.5 Å². The van der Waals surface area contributed by atoms with Gasteiger partial charge in [-0.15, -0.1) is 0 Å². The molecule has 8 heteroatoms. The summed E-state index contributed by atoms with van der Waals surface area (Å²) >= 11 is 1.53. The maximum atomic E-state index is 12.8. The van der Waals surface area contributed by atoms with Crippen molar-refractivity contribution in [1.29, 1.82) is 0 Å². The molecule has 31 heavy (non-hydrogen) atoms. The van der Waals surface area contributed by atoms with Gasteiger partial charge in [-0.05, 0) is 36.0 Å². The second kappa shape index (κ2) is 12.8. The smallest absolute Gasteiger partial charge is 0.326 e. The highest BCUT2D eigenvalue weighted by Gasteiger charge is 2.28. The molecule has 0 saturated carbocycles. The number of amides is 2. The van der Waals surface area contributed by atoms with Crippen LogP contribution in [0, 0.1) is 0 Å². The van der Waals surface area contributed by atoms with Crippen molar-refractivity contribution in [2.75, 3.05) is 12.0 Å². The van der Waals surface area contributed by atoms with E-state index in [4.69, 9.17) is 5.73 Å². The first-order valence-electron chi connectivity index (χ1n) is 10.1. The molecule has 0 unspecified atom stereocenters. The highest BCUT2D eigenvalue weighted by Crippen LogP contribution is 2.07. The minimum absolute atomic E-state index is 0.151. The molecule has 2 amide bonds. The second-order valence-corrected chi connectivity index (χ2v) is 8.21. The quantitative estimate of drug-likeness (QED) is 0.395. The Kier molecular flexibility index (Phi) is 10.1. The van der Waals surface area contributed by atoms with Gasteiger partial charge in [0.05, 0.1) is 6.04 Å². The van der Waals surface area contributed by atoms with Crippen LogP contribution in [0.25, 0.3) is 0 Å². The largest absolute Gasteiger partial charge is 0.480 e. The van der Waals surface area contributed by atoms with Crippen molar-refractivity contribution in [2.45, 2.75) is 37.4 Å². The van der Waals surface area contributed by atoms with E-state index >= 15 is 0 Å². The monoisotopic (exact) mass is 443 g/mol. The first-order valence-corrected chi connectivity index (χ1v) is 11.5. The first kappa shape index (κ1) is 24.4. The molecule has 2 aromatic carbocycles. The Morgan fingerprint density at radius 3 is 1.90 bits per heavy atom. The number of benzene rings is 2. The molecule has 0 aliphatic rings. The predicted octanol–water partition coefficient (Wildman–Crippen LogP) is 1.61. The van der Waals surface area contributed by atoms with Gasteiger partial charge in [0.2, 0.25) is 11.8 Å². The Morgan fingerprint density at radius 2 is 1.39 bits per heavy atom. The molecule has 0 aromatic heterocycles. The third kappa shape index (κ3) is 8.43. The number of carbonyl (C=O) groups is 3. The number of carboxylic acids is 1. The van der Waals surface area contributed by atoms with Crippen molar-refractivity contribution in [1.82, 2.24) is 10.6 Å². The van der Waals surface area contributed by atoms with Crippen LogP contribution in [0.3, 0.4) is 0 Å². The molecular weight excluding hydrogens is 414 g/mol. The van der Waals surface area contributed by atoms with E-state index in [0.717, 1.165) is 11.1 Å². The topological polar surface area (TPSA) is 122 Å². The molecule has 2 rings (SSSR count). The summed E-state index contributed by atoms with van der Waals surface area (Å²) in [5.41, 5.74) is 7.75. The van der Waals surface area contributed by atoms with Crippen LogP contribution in [-0.4, -0.2) is 53.0 Å². The summed E-state index contributed by atoms with van der Waals surface area (Å²) in [5.74, 6) is -1.48. The minimum atomic E-state index is -1.13. The highest BCUT2D eigenvalue weighted by atomic mass is 32.2. The maximum absolute atomic E-state index is 12.8. The zero-order chi connectivity index (χ0) is 22.6. The maximum Gasteiger partial charge on any atom is 0.326 e. The summed E-state index contributed by atoms with van der Waals surface area (Å²) in [4.78, 5) is 37.1. The molecule has 3 atom stereocenters. The van der Waals surface area contributed by atoms with E-state index in [0.29, 0.717) is 18.6 Å². The van der Waals surface area contributed by atoms with Crippen molar-refractivity contribution >= 4 is 29.5 Å². The highest BCUT2D eigenvalue weighted by molar-refractivity contribution is 7.98. The summed E-state index contributed by atoms with van der Waals surface area (Å²) in [6.07, 6.45) is 2.76. The molecule has 166 valence electrons. The average molecular weight is 444 g/mol. The number of thioether (sulfide) groups is 1. The lowest BCUT2D eigenvalue weighted by molar-refractivity contribution is -0.142. The number of carboxylic acid groups (broad SMARTS) is 1. The fourth-order valence-corrected chi connectivity index (χ4v) is 3.54. The van der Waals surface area contributed by atoms with Crippen LogP contribution in [0.4, 0.5) is 0 Å². The van der Waals surface area contributed by atoms with Gasteiger partial charge in [-0.25, -0.2) is 4.79 Å². The van der Waals surface area contributed by atoms with Gasteiger partial charge in [0, 0.05) is 6.42 Å². The Balaban J connectivity index is 2.02. The van der Waals surface area contributed by atoms with Crippen molar-refractivity contribution in [3.05, 3.63) is 71.8 Å². The van der Waals surface area contributed by atoms with E-state index < -0.39 is 35.9 Å². The number of aliphatic carboxylic acids is 1. The molecule has 0 aliphatic carbocycles. The van der Waals surface area contributed by atoms with Gasteiger partial charge in [0.1, 0.15) is 12.1 Å². The van der Waals surface area contributed by atoms with Gasteiger partial charge < -0.3 is 21.5 Å². The van der Waals surface area contributed by atoms with Crippen LogP contribution in [0.5, 0.6) is 0 Å². The molecule has 2 aromatic rings. The molecule has 5 N–H and O–H groups in total. The molecule has 0 heterocycles. The fourth-order valence-electron chi connectivity index (χ4n) is 3.07. The normalized spacial score (nSPS) is 13.6. The van der Waals surface area contributed by atoms with Crippen LogP contribution in [-0.2, 0) is 27.2 Å². The van der Waals surface area contributed by atoms with Gasteiger partial charge in [-0.3, -0.25) is 9.59 Å². The summed E-state index contributed by atoms with van der Waals surface area (Å²) in [6, 6.07) is 15.7. The van der Waals surface area contributed by atoms with E-state index in [9.17, 15) is 19.5 Å². The third-order valence-corrected chi connectivity index (χ3v) is 5.42. The molecule has 0 spiro atoms. The summed E-state index contributed by atoms with van der Waals surface area (Å²) in [5, 5.41) is 14.8. The zero-order valence-corrected chi connectivity index (χ0v) is 18.3. The molecule has 0 bridgehead atoms. The molecule has 0 fully saturated rings. The number of rotatable bonds is 12. The van der Waals surface area contributed by atoms with E-state index in [1.807, 2.05) is 54.8 Å². The fraction of sp³-hybridized carbons (Fsp3) is 0.348. The van der Waals surface area contributed by atoms with Gasteiger partial charge >= 0.3 is 5.97 Å². The van der Waals surface area contributed by atoms with Gasteiger partial charge in [0.15, 0.2) is 0 Å². The number of carbonyl (C=O) groups excluding carboxylic acids is 2. The Bertz CT molecular complexity index is 848. The summed E-state index contributed by atoms with van der Waals surface area (Å²) in [6.45, 7) is 0. The molecule has 0 radical (unpaired) electrons. The van der Waals surface area contributed by atoms with Gasteiger partial charge in [-0.2, -0.15) is 11.8 Å². The zero-order valence-electron chi connectivity index (χ0n) is 17.5. The number of hydrogen-bond donors (Lipinski definition) is 4. The van der Waals surface area contributed by atoms with Crippen LogP contribution in [0.15, 0.2) is 60.7 Å². The van der Waals surface area contributed by atoms with Gasteiger partial charge in [0.25, 0.3) is 0 Å². The predicted molar refractivity (Wildman–Crippen MR) is 123 cm³/mol. The molecule has 0 aliphatic heterocycles. The van der Waals surface area contributed by atoms with E-state index in [-0.39, 0.29) is 6.42 Å². The average Bonchev–Trinajstić information content (AvgIpc) is 2.77. The SMILES string of the molecule is CSCC[C@H](NC(=O)[C@@H](N)Cc1ccccc1)C(=O)N[C@@H](Cc1ccccc1)C(=O)O. The standard InChI is InChI=1S/C23H29N3O4S/c1-31-13-12-19(25-21(27)18(24)14-16-8-4-2-5-9-16)22(28)26-20(23(29)30)15-17-10-6-3-7-11-17/h2-11,18-20H,12-15,24H2,1H3,(H,25,27)(H,26,28)(H,29,30)/t18-,19-,20-/m0/s1. The lowest BCUT2D eigenvalue weighted by Crippen LogP contribution is -2.55. The minimum Gasteiger partial charge on any atom is -0.480 e. The third-order valence-electron chi connectivity index (χ3n) is 4.78. The van der Waals surface area contributed by atoms with Crippen LogP contribution < -0.4 is 16.4 Å². The molecule has 0 saturated heterocycles. The number of nitrogens with one attached hydrogen (secondary N) is 2. The first-order chi connectivity index (χ1) is 14.9. The lowest BCUT2D eigenvalue weighted by atomic mass is 10.0. The van der Waals surface area contributed by atoms with Crippen molar-refractivity contribution < 1.29 is 19.5 Å².